The molecule has 3 N–H and O–H groups in total. The molecule has 0 saturated heterocycles. The molecule has 1 atom stereocenters. The molecule has 0 heterocycles. The molecule has 0 aliphatic heterocycles. The van der Waals surface area contributed by atoms with E-state index in [9.17, 15) is 18.0 Å². The van der Waals surface area contributed by atoms with Crippen LogP contribution >= 0.6 is 0 Å². The van der Waals surface area contributed by atoms with Gasteiger partial charge in [-0.3, -0.25) is 4.79 Å². The molecule has 0 aliphatic carbocycles. The van der Waals surface area contributed by atoms with Crippen LogP contribution in [-0.2, 0) is 14.8 Å². The van der Waals surface area contributed by atoms with Crippen molar-refractivity contribution in [3.63, 3.8) is 0 Å². The molecule has 1 aromatic carbocycles. The quantitative estimate of drug-likeness (QED) is 0.624. The zero-order valence-electron chi connectivity index (χ0n) is 14.1. The van der Waals surface area contributed by atoms with E-state index >= 15 is 0 Å². The molecule has 0 fully saturated rings. The van der Waals surface area contributed by atoms with Crippen molar-refractivity contribution in [2.75, 3.05) is 0 Å². The Kier molecular flexibility index (Phi) is 7.37. The SMILES string of the molecule is CCCC[C@H](NC(=O)c1ccc(S(=O)(=O)NC(C)C)cc1)C(=O)O. The van der Waals surface area contributed by atoms with Crippen molar-refractivity contribution < 1.29 is 23.1 Å². The fraction of sp³-hybridized carbons (Fsp3) is 0.500. The summed E-state index contributed by atoms with van der Waals surface area (Å²) in [6.07, 6.45) is 1.87. The second-order valence-electron chi connectivity index (χ2n) is 5.81. The lowest BCUT2D eigenvalue weighted by molar-refractivity contribution is -0.139. The predicted octanol–water partition coefficient (Wildman–Crippen LogP) is 1.75. The first-order valence-corrected chi connectivity index (χ1v) is 9.31. The van der Waals surface area contributed by atoms with Crippen molar-refractivity contribution in [3.05, 3.63) is 29.8 Å². The Balaban J connectivity index is 2.84. The van der Waals surface area contributed by atoms with Gasteiger partial charge in [-0.15, -0.1) is 0 Å². The van der Waals surface area contributed by atoms with Crippen LogP contribution in [0.15, 0.2) is 29.2 Å². The summed E-state index contributed by atoms with van der Waals surface area (Å²) in [7, 11) is -3.63. The maximum absolute atomic E-state index is 12.1. The molecule has 0 unspecified atom stereocenters. The Morgan fingerprint density at radius 3 is 2.21 bits per heavy atom. The van der Waals surface area contributed by atoms with E-state index in [2.05, 4.69) is 10.0 Å². The Morgan fingerprint density at radius 2 is 1.75 bits per heavy atom. The van der Waals surface area contributed by atoms with Gasteiger partial charge in [0.25, 0.3) is 5.91 Å². The number of carboxylic acid groups (broad SMARTS) is 1. The third kappa shape index (κ3) is 5.93. The lowest BCUT2D eigenvalue weighted by atomic mass is 10.1. The zero-order chi connectivity index (χ0) is 18.3. The van der Waals surface area contributed by atoms with Crippen LogP contribution in [-0.4, -0.2) is 37.5 Å². The number of nitrogens with one attached hydrogen (secondary N) is 2. The summed E-state index contributed by atoms with van der Waals surface area (Å²) in [5, 5.41) is 11.6. The first-order valence-electron chi connectivity index (χ1n) is 7.83. The number of hydrogen-bond acceptors (Lipinski definition) is 4. The van der Waals surface area contributed by atoms with Gasteiger partial charge < -0.3 is 10.4 Å². The monoisotopic (exact) mass is 356 g/mol. The van der Waals surface area contributed by atoms with Gasteiger partial charge in [-0.25, -0.2) is 17.9 Å². The molecule has 7 nitrogen and oxygen atoms in total. The van der Waals surface area contributed by atoms with Crippen molar-refractivity contribution in [2.45, 2.75) is 57.0 Å². The van der Waals surface area contributed by atoms with E-state index in [0.29, 0.717) is 12.8 Å². The fourth-order valence-corrected chi connectivity index (χ4v) is 3.32. The molecule has 1 rings (SSSR count). The Hall–Kier alpha value is -1.93. The molecule has 8 heteroatoms. The third-order valence-corrected chi connectivity index (χ3v) is 4.94. The van der Waals surface area contributed by atoms with Crippen molar-refractivity contribution in [1.82, 2.24) is 10.0 Å². The van der Waals surface area contributed by atoms with Crippen molar-refractivity contribution in [1.29, 1.82) is 0 Å². The van der Waals surface area contributed by atoms with Crippen LogP contribution in [0.5, 0.6) is 0 Å². The molecular formula is C16H24N2O5S. The van der Waals surface area contributed by atoms with Gasteiger partial charge in [-0.2, -0.15) is 0 Å². The summed E-state index contributed by atoms with van der Waals surface area (Å²) >= 11 is 0. The van der Waals surface area contributed by atoms with Gasteiger partial charge in [0.2, 0.25) is 10.0 Å². The molecule has 0 saturated carbocycles. The number of carbonyl (C=O) groups excluding carboxylic acids is 1. The highest BCUT2D eigenvalue weighted by Crippen LogP contribution is 2.12. The van der Waals surface area contributed by atoms with Crippen LogP contribution in [0.25, 0.3) is 0 Å². The Morgan fingerprint density at radius 1 is 1.17 bits per heavy atom. The smallest absolute Gasteiger partial charge is 0.326 e. The van der Waals surface area contributed by atoms with E-state index in [4.69, 9.17) is 5.11 Å². The summed E-state index contributed by atoms with van der Waals surface area (Å²) < 4.78 is 26.5. The highest BCUT2D eigenvalue weighted by atomic mass is 32.2. The second-order valence-corrected chi connectivity index (χ2v) is 7.52. The van der Waals surface area contributed by atoms with Gasteiger partial charge in [0, 0.05) is 11.6 Å². The van der Waals surface area contributed by atoms with E-state index in [0.717, 1.165) is 6.42 Å². The van der Waals surface area contributed by atoms with Crippen LogP contribution in [0.2, 0.25) is 0 Å². The van der Waals surface area contributed by atoms with E-state index in [1.807, 2.05) is 6.92 Å². The number of carbonyl (C=O) groups is 2. The number of amides is 1. The van der Waals surface area contributed by atoms with Crippen molar-refractivity contribution in [2.24, 2.45) is 0 Å². The molecule has 134 valence electrons. The fourth-order valence-electron chi connectivity index (χ4n) is 2.07. The van der Waals surface area contributed by atoms with E-state index in [-0.39, 0.29) is 16.5 Å². The van der Waals surface area contributed by atoms with Crippen LogP contribution in [0.1, 0.15) is 50.4 Å². The average Bonchev–Trinajstić information content (AvgIpc) is 2.49. The number of rotatable bonds is 9. The van der Waals surface area contributed by atoms with Gasteiger partial charge >= 0.3 is 5.97 Å². The lowest BCUT2D eigenvalue weighted by Crippen LogP contribution is -2.40. The van der Waals surface area contributed by atoms with Crippen LogP contribution < -0.4 is 10.0 Å². The molecule has 1 aromatic rings. The molecule has 0 aromatic heterocycles. The van der Waals surface area contributed by atoms with E-state index in [1.54, 1.807) is 13.8 Å². The number of carboxylic acids is 1. The Bertz CT molecular complexity index is 668. The van der Waals surface area contributed by atoms with Gasteiger partial charge in [-0.1, -0.05) is 19.8 Å². The Labute approximate surface area is 142 Å². The van der Waals surface area contributed by atoms with Gasteiger partial charge in [0.15, 0.2) is 0 Å². The van der Waals surface area contributed by atoms with Crippen LogP contribution in [0.4, 0.5) is 0 Å². The van der Waals surface area contributed by atoms with Crippen molar-refractivity contribution >= 4 is 21.9 Å². The predicted molar refractivity (Wildman–Crippen MR) is 90.3 cm³/mol. The minimum absolute atomic E-state index is 0.0496. The molecule has 24 heavy (non-hydrogen) atoms. The number of unbranched alkanes of at least 4 members (excludes halogenated alkanes) is 1. The summed E-state index contributed by atoms with van der Waals surface area (Å²) in [5.41, 5.74) is 0.209. The zero-order valence-corrected chi connectivity index (χ0v) is 14.9. The average molecular weight is 356 g/mol. The second kappa shape index (κ2) is 8.79. The van der Waals surface area contributed by atoms with Crippen molar-refractivity contribution in [3.8, 4) is 0 Å². The molecule has 0 spiro atoms. The van der Waals surface area contributed by atoms with Crippen LogP contribution in [0, 0.1) is 0 Å². The summed E-state index contributed by atoms with van der Waals surface area (Å²) in [5.74, 6) is -1.63. The topological polar surface area (TPSA) is 113 Å². The highest BCUT2D eigenvalue weighted by Gasteiger charge is 2.21. The normalized spacial score (nSPS) is 12.8. The van der Waals surface area contributed by atoms with Gasteiger partial charge in [0.05, 0.1) is 4.90 Å². The third-order valence-electron chi connectivity index (χ3n) is 3.27. The van der Waals surface area contributed by atoms with E-state index < -0.39 is 27.9 Å². The largest absolute Gasteiger partial charge is 0.480 e. The summed E-state index contributed by atoms with van der Waals surface area (Å²) in [4.78, 5) is 23.3. The van der Waals surface area contributed by atoms with Gasteiger partial charge in [-0.05, 0) is 44.5 Å². The highest BCUT2D eigenvalue weighted by molar-refractivity contribution is 7.89. The van der Waals surface area contributed by atoms with Crippen LogP contribution in [0.3, 0.4) is 0 Å². The molecule has 1 amide bonds. The summed E-state index contributed by atoms with van der Waals surface area (Å²) in [6, 6.07) is 4.17. The first-order chi connectivity index (χ1) is 11.2. The molecule has 0 radical (unpaired) electrons. The maximum Gasteiger partial charge on any atom is 0.326 e. The minimum atomic E-state index is -3.63. The van der Waals surface area contributed by atoms with Gasteiger partial charge in [0.1, 0.15) is 6.04 Å². The molecular weight excluding hydrogens is 332 g/mol. The maximum atomic E-state index is 12.1. The summed E-state index contributed by atoms with van der Waals surface area (Å²) in [6.45, 7) is 5.36. The standard InChI is InChI=1S/C16H24N2O5S/c1-4-5-6-14(16(20)21)17-15(19)12-7-9-13(10-8-12)24(22,23)18-11(2)3/h7-11,14,18H,4-6H2,1-3H3,(H,17,19)(H,20,21)/t14-/m0/s1. The molecule has 0 aliphatic rings. The minimum Gasteiger partial charge on any atom is -0.480 e. The number of aliphatic carboxylic acids is 1. The first kappa shape index (κ1) is 20.1. The number of benzene rings is 1. The molecule has 0 bridgehead atoms. The number of sulfonamides is 1. The number of hydrogen-bond donors (Lipinski definition) is 3. The lowest BCUT2D eigenvalue weighted by Gasteiger charge is -2.14. The van der Waals surface area contributed by atoms with E-state index in [1.165, 1.54) is 24.3 Å².